The molecule has 3 saturated carbocycles. The van der Waals surface area contributed by atoms with Gasteiger partial charge in [0.2, 0.25) is 0 Å². The third-order valence-corrected chi connectivity index (χ3v) is 12.6. The van der Waals surface area contributed by atoms with E-state index in [2.05, 4.69) is 31.4 Å². The molecule has 3 aliphatic carbocycles. The summed E-state index contributed by atoms with van der Waals surface area (Å²) in [6.45, 7) is 17.1. The van der Waals surface area contributed by atoms with E-state index in [1.54, 1.807) is 0 Å². The lowest BCUT2D eigenvalue weighted by molar-refractivity contribution is -0.168. The highest BCUT2D eigenvalue weighted by Gasteiger charge is 2.56. The Labute approximate surface area is 295 Å². The summed E-state index contributed by atoms with van der Waals surface area (Å²) in [4.78, 5) is 0. The minimum atomic E-state index is 0.283. The van der Waals surface area contributed by atoms with Crippen molar-refractivity contribution in [1.82, 2.24) is 10.6 Å². The van der Waals surface area contributed by atoms with E-state index in [1.165, 1.54) is 44.9 Å². The van der Waals surface area contributed by atoms with Crippen molar-refractivity contribution in [2.24, 2.45) is 63.9 Å². The van der Waals surface area contributed by atoms with Gasteiger partial charge in [-0.1, -0.05) is 27.2 Å². The van der Waals surface area contributed by atoms with Gasteiger partial charge in [-0.15, -0.1) is 0 Å². The molecule has 3 fully saturated rings. The maximum absolute atomic E-state index is 6.84. The molecular weight excluding hydrogens is 600 g/mol. The van der Waals surface area contributed by atoms with Gasteiger partial charge in [0, 0.05) is 19.8 Å². The van der Waals surface area contributed by atoms with Crippen molar-refractivity contribution >= 4 is 0 Å². The SMILES string of the molecule is C[C@H](CCCNCCCNCCCN)C1CC[C@H](C)C2[C@H](OCCCN)CC3C[C@H](OCCCN)CCC3(C)[C@H]2C[C@H](OCCCN)C1. The van der Waals surface area contributed by atoms with Crippen molar-refractivity contribution < 1.29 is 14.2 Å². The topological polar surface area (TPSA) is 156 Å². The second-order valence-corrected chi connectivity index (χ2v) is 16.1. The predicted octanol–water partition coefficient (Wildman–Crippen LogP) is 4.79. The Morgan fingerprint density at radius 1 is 0.667 bits per heavy atom. The van der Waals surface area contributed by atoms with Gasteiger partial charge < -0.3 is 47.8 Å². The van der Waals surface area contributed by atoms with Crippen LogP contribution in [0.5, 0.6) is 0 Å². The number of hydrogen-bond acceptors (Lipinski definition) is 9. The van der Waals surface area contributed by atoms with Crippen LogP contribution in [0.1, 0.15) is 117 Å². The minimum absolute atomic E-state index is 0.283. The Morgan fingerprint density at radius 3 is 1.94 bits per heavy atom. The summed E-state index contributed by atoms with van der Waals surface area (Å²) in [5, 5.41) is 7.17. The molecule has 0 aromatic heterocycles. The number of rotatable bonds is 24. The molecule has 9 nitrogen and oxygen atoms in total. The first-order valence-electron chi connectivity index (χ1n) is 20.4. The van der Waals surface area contributed by atoms with E-state index in [9.17, 15) is 0 Å². The molecule has 0 spiro atoms. The van der Waals surface area contributed by atoms with Gasteiger partial charge in [-0.05, 0) is 183 Å². The first-order valence-corrected chi connectivity index (χ1v) is 20.4. The van der Waals surface area contributed by atoms with Crippen molar-refractivity contribution in [3.8, 4) is 0 Å². The van der Waals surface area contributed by atoms with Gasteiger partial charge in [-0.25, -0.2) is 0 Å². The number of ether oxygens (including phenoxy) is 3. The molecule has 0 aromatic rings. The van der Waals surface area contributed by atoms with Crippen LogP contribution < -0.4 is 33.6 Å². The molecule has 10 N–H and O–H groups in total. The minimum Gasteiger partial charge on any atom is -0.378 e. The van der Waals surface area contributed by atoms with E-state index in [4.69, 9.17) is 37.1 Å². The number of fused-ring (bicyclic) bond motifs is 3. The zero-order chi connectivity index (χ0) is 34.6. The maximum Gasteiger partial charge on any atom is 0.0611 e. The van der Waals surface area contributed by atoms with E-state index < -0.39 is 0 Å². The molecule has 4 unspecified atom stereocenters. The molecule has 0 heterocycles. The number of nitrogens with one attached hydrogen (secondary N) is 2. The van der Waals surface area contributed by atoms with Crippen molar-refractivity contribution in [3.05, 3.63) is 0 Å². The van der Waals surface area contributed by atoms with E-state index >= 15 is 0 Å². The lowest BCUT2D eigenvalue weighted by Gasteiger charge is -2.59. The maximum atomic E-state index is 6.84. The molecule has 48 heavy (non-hydrogen) atoms. The summed E-state index contributed by atoms with van der Waals surface area (Å²) in [6.07, 6.45) is 18.0. The second-order valence-electron chi connectivity index (χ2n) is 16.1. The Bertz CT molecular complexity index is 810. The van der Waals surface area contributed by atoms with Crippen LogP contribution in [0, 0.1) is 40.9 Å². The van der Waals surface area contributed by atoms with E-state index in [0.29, 0.717) is 61.2 Å². The Hall–Kier alpha value is -0.360. The highest BCUT2D eigenvalue weighted by atomic mass is 16.5. The fourth-order valence-corrected chi connectivity index (χ4v) is 9.63. The fraction of sp³-hybridized carbons (Fsp3) is 1.00. The quantitative estimate of drug-likeness (QED) is 0.0790. The molecule has 0 radical (unpaired) electrons. The van der Waals surface area contributed by atoms with Crippen LogP contribution in [0.25, 0.3) is 0 Å². The largest absolute Gasteiger partial charge is 0.378 e. The van der Waals surface area contributed by atoms with E-state index in [1.807, 2.05) is 0 Å². The van der Waals surface area contributed by atoms with Gasteiger partial charge in [0.05, 0.1) is 18.3 Å². The van der Waals surface area contributed by atoms with Crippen LogP contribution in [0.15, 0.2) is 0 Å². The van der Waals surface area contributed by atoms with Gasteiger partial charge in [-0.2, -0.15) is 0 Å². The van der Waals surface area contributed by atoms with Crippen LogP contribution in [0.4, 0.5) is 0 Å². The zero-order valence-corrected chi connectivity index (χ0v) is 31.6. The van der Waals surface area contributed by atoms with E-state index in [-0.39, 0.29) is 17.6 Å². The summed E-state index contributed by atoms with van der Waals surface area (Å²) in [7, 11) is 0. The van der Waals surface area contributed by atoms with Crippen molar-refractivity contribution in [2.45, 2.75) is 135 Å². The number of nitrogens with two attached hydrogens (primary N) is 4. The highest BCUT2D eigenvalue weighted by Crippen LogP contribution is 2.60. The summed E-state index contributed by atoms with van der Waals surface area (Å²) in [5.41, 5.74) is 23.6. The monoisotopic (exact) mass is 681 g/mol. The molecular formula is C39H80N6O3. The Morgan fingerprint density at radius 2 is 1.27 bits per heavy atom. The summed E-state index contributed by atoms with van der Waals surface area (Å²) < 4.78 is 20.1. The first kappa shape index (κ1) is 42.1. The number of hydrogen-bond donors (Lipinski definition) is 6. The third-order valence-electron chi connectivity index (χ3n) is 12.6. The van der Waals surface area contributed by atoms with Crippen molar-refractivity contribution in [2.75, 3.05) is 72.2 Å². The van der Waals surface area contributed by atoms with Gasteiger partial charge >= 0.3 is 0 Å². The molecule has 0 bridgehead atoms. The average molecular weight is 681 g/mol. The van der Waals surface area contributed by atoms with Crippen LogP contribution >= 0.6 is 0 Å². The normalized spacial score (nSPS) is 33.3. The van der Waals surface area contributed by atoms with Crippen molar-refractivity contribution in [1.29, 1.82) is 0 Å². The Balaban J connectivity index is 1.70. The molecule has 0 aliphatic heterocycles. The average Bonchev–Trinajstić information content (AvgIpc) is 3.14. The van der Waals surface area contributed by atoms with Crippen LogP contribution in [-0.4, -0.2) is 90.5 Å². The van der Waals surface area contributed by atoms with E-state index in [0.717, 1.165) is 104 Å². The first-order chi connectivity index (χ1) is 23.4. The van der Waals surface area contributed by atoms with Crippen molar-refractivity contribution in [3.63, 3.8) is 0 Å². The van der Waals surface area contributed by atoms with Gasteiger partial charge in [0.15, 0.2) is 0 Å². The molecule has 284 valence electrons. The zero-order valence-electron chi connectivity index (χ0n) is 31.6. The van der Waals surface area contributed by atoms with Gasteiger partial charge in [0.1, 0.15) is 0 Å². The molecule has 0 saturated heterocycles. The second kappa shape index (κ2) is 24.0. The smallest absolute Gasteiger partial charge is 0.0611 e. The summed E-state index contributed by atoms with van der Waals surface area (Å²) in [5.74, 6) is 3.77. The highest BCUT2D eigenvalue weighted by molar-refractivity contribution is 5.05. The standard InChI is InChI=1S/C39H80N6O3/c1-30(10-4-19-44-21-9-22-45-20-5-15-40)32-12-11-31(2)38-36(29-35(26-32)47-24-7-17-42)39(3)14-13-34(46-23-6-16-41)27-33(39)28-37(38)48-25-8-18-43/h30-38,44-45H,4-29,40-43H2,1-3H3/t30-,31+,32?,33?,34-,35-,36+,37-,38?,39?/m1/s1. The molecule has 0 aromatic carbocycles. The van der Waals surface area contributed by atoms with Crippen LogP contribution in [-0.2, 0) is 14.2 Å². The molecule has 9 heteroatoms. The fourth-order valence-electron chi connectivity index (χ4n) is 9.63. The molecule has 10 atom stereocenters. The lowest BCUT2D eigenvalue weighted by atomic mass is 9.49. The third kappa shape index (κ3) is 13.6. The molecule has 0 amide bonds. The van der Waals surface area contributed by atoms with Gasteiger partial charge in [0.25, 0.3) is 0 Å². The summed E-state index contributed by atoms with van der Waals surface area (Å²) in [6, 6.07) is 0. The lowest BCUT2D eigenvalue weighted by Crippen LogP contribution is -2.55. The Kier molecular flexibility index (Phi) is 21.0. The summed E-state index contributed by atoms with van der Waals surface area (Å²) >= 11 is 0. The van der Waals surface area contributed by atoms with Crippen LogP contribution in [0.3, 0.4) is 0 Å². The van der Waals surface area contributed by atoms with Crippen LogP contribution in [0.2, 0.25) is 0 Å². The molecule has 3 rings (SSSR count). The predicted molar refractivity (Wildman–Crippen MR) is 201 cm³/mol. The molecule has 3 aliphatic rings. The van der Waals surface area contributed by atoms with Gasteiger partial charge in [-0.3, -0.25) is 0 Å².